The standard InChI is InChI=1S/C18H11ClN2O3S/c1-9-3-2-4-11-13(22)8-14(24-16(9)11)17(23)21-18-20-12-6-5-10(19)7-15(12)25-18/h2-8H,1H3,(H,20,21,23). The molecule has 0 aliphatic heterocycles. The predicted octanol–water partition coefficient (Wildman–Crippen LogP) is 4.62. The van der Waals surface area contributed by atoms with E-state index in [0.717, 1.165) is 15.8 Å². The molecule has 0 saturated heterocycles. The number of aryl methyl sites for hydroxylation is 1. The Morgan fingerprint density at radius 3 is 2.92 bits per heavy atom. The number of amides is 1. The number of nitrogens with one attached hydrogen (secondary N) is 1. The minimum atomic E-state index is -0.521. The number of fused-ring (bicyclic) bond motifs is 2. The van der Waals surface area contributed by atoms with E-state index in [1.165, 1.54) is 17.4 Å². The molecule has 4 aromatic rings. The van der Waals surface area contributed by atoms with Crippen LogP contribution in [-0.4, -0.2) is 10.9 Å². The highest BCUT2D eigenvalue weighted by atomic mass is 35.5. The van der Waals surface area contributed by atoms with Crippen molar-refractivity contribution in [2.45, 2.75) is 6.92 Å². The van der Waals surface area contributed by atoms with Gasteiger partial charge in [0.25, 0.3) is 5.91 Å². The summed E-state index contributed by atoms with van der Waals surface area (Å²) >= 11 is 7.26. The van der Waals surface area contributed by atoms with Gasteiger partial charge in [-0.05, 0) is 36.8 Å². The average Bonchev–Trinajstić information content (AvgIpc) is 2.97. The van der Waals surface area contributed by atoms with Crippen molar-refractivity contribution in [3.8, 4) is 0 Å². The summed E-state index contributed by atoms with van der Waals surface area (Å²) < 4.78 is 6.50. The van der Waals surface area contributed by atoms with E-state index in [1.54, 1.807) is 30.3 Å². The van der Waals surface area contributed by atoms with Gasteiger partial charge in [0, 0.05) is 11.1 Å². The maximum Gasteiger partial charge on any atom is 0.293 e. The molecular weight excluding hydrogens is 360 g/mol. The van der Waals surface area contributed by atoms with Crippen molar-refractivity contribution in [2.24, 2.45) is 0 Å². The number of hydrogen-bond donors (Lipinski definition) is 1. The SMILES string of the molecule is Cc1cccc2c(=O)cc(C(=O)Nc3nc4ccc(Cl)cc4s3)oc12. The number of thiazole rings is 1. The topological polar surface area (TPSA) is 72.2 Å². The van der Waals surface area contributed by atoms with Crippen molar-refractivity contribution in [1.29, 1.82) is 0 Å². The molecule has 0 aliphatic carbocycles. The van der Waals surface area contributed by atoms with E-state index < -0.39 is 5.91 Å². The lowest BCUT2D eigenvalue weighted by Crippen LogP contribution is -2.15. The Morgan fingerprint density at radius 2 is 2.08 bits per heavy atom. The summed E-state index contributed by atoms with van der Waals surface area (Å²) in [6.07, 6.45) is 0. The zero-order chi connectivity index (χ0) is 17.6. The molecule has 5 nitrogen and oxygen atoms in total. The van der Waals surface area contributed by atoms with Crippen LogP contribution in [0.4, 0.5) is 5.13 Å². The molecule has 0 unspecified atom stereocenters. The van der Waals surface area contributed by atoms with E-state index in [0.29, 0.717) is 21.1 Å². The van der Waals surface area contributed by atoms with Gasteiger partial charge >= 0.3 is 0 Å². The number of anilines is 1. The highest BCUT2D eigenvalue weighted by Gasteiger charge is 2.15. The predicted molar refractivity (Wildman–Crippen MR) is 99.8 cm³/mol. The lowest BCUT2D eigenvalue weighted by Gasteiger charge is -2.04. The average molecular weight is 371 g/mol. The summed E-state index contributed by atoms with van der Waals surface area (Å²) in [5.41, 5.74) is 1.68. The van der Waals surface area contributed by atoms with E-state index in [2.05, 4.69) is 10.3 Å². The number of aromatic nitrogens is 1. The lowest BCUT2D eigenvalue weighted by molar-refractivity contribution is 0.0997. The van der Waals surface area contributed by atoms with E-state index in [4.69, 9.17) is 16.0 Å². The van der Waals surface area contributed by atoms with Gasteiger partial charge in [-0.25, -0.2) is 4.98 Å². The second kappa shape index (κ2) is 5.98. The van der Waals surface area contributed by atoms with Crippen LogP contribution in [0.3, 0.4) is 0 Å². The fourth-order valence-electron chi connectivity index (χ4n) is 2.54. The molecule has 2 heterocycles. The van der Waals surface area contributed by atoms with Gasteiger partial charge in [-0.1, -0.05) is 35.1 Å². The molecule has 2 aromatic heterocycles. The van der Waals surface area contributed by atoms with Crippen molar-refractivity contribution in [3.05, 3.63) is 69.0 Å². The molecular formula is C18H11ClN2O3S. The molecule has 2 aromatic carbocycles. The van der Waals surface area contributed by atoms with E-state index in [-0.39, 0.29) is 11.2 Å². The zero-order valence-corrected chi connectivity index (χ0v) is 14.6. The van der Waals surface area contributed by atoms with E-state index in [9.17, 15) is 9.59 Å². The minimum Gasteiger partial charge on any atom is -0.450 e. The molecule has 0 radical (unpaired) electrons. The third-order valence-corrected chi connectivity index (χ3v) is 4.92. The van der Waals surface area contributed by atoms with Gasteiger partial charge in [0.15, 0.2) is 16.3 Å². The highest BCUT2D eigenvalue weighted by Crippen LogP contribution is 2.28. The van der Waals surface area contributed by atoms with Crippen LogP contribution in [-0.2, 0) is 0 Å². The van der Waals surface area contributed by atoms with Crippen molar-refractivity contribution >= 4 is 55.2 Å². The molecule has 0 saturated carbocycles. The largest absolute Gasteiger partial charge is 0.450 e. The van der Waals surface area contributed by atoms with Gasteiger partial charge in [-0.3, -0.25) is 14.9 Å². The Hall–Kier alpha value is -2.70. The highest BCUT2D eigenvalue weighted by molar-refractivity contribution is 7.22. The summed E-state index contributed by atoms with van der Waals surface area (Å²) in [6.45, 7) is 1.82. The Labute approximate surface area is 150 Å². The Kier molecular flexibility index (Phi) is 3.78. The quantitative estimate of drug-likeness (QED) is 0.559. The first-order valence-electron chi connectivity index (χ1n) is 7.42. The normalized spacial score (nSPS) is 11.1. The third-order valence-electron chi connectivity index (χ3n) is 3.75. The number of benzene rings is 2. The molecule has 4 rings (SSSR count). The van der Waals surface area contributed by atoms with Gasteiger partial charge < -0.3 is 4.42 Å². The molecule has 0 spiro atoms. The number of nitrogens with zero attached hydrogens (tertiary/aromatic N) is 1. The molecule has 0 bridgehead atoms. The summed E-state index contributed by atoms with van der Waals surface area (Å²) in [5, 5.41) is 4.14. The molecule has 1 N–H and O–H groups in total. The third kappa shape index (κ3) is 2.90. The van der Waals surface area contributed by atoms with Gasteiger partial charge in [0.2, 0.25) is 0 Å². The molecule has 124 valence electrons. The number of para-hydroxylation sites is 1. The summed E-state index contributed by atoms with van der Waals surface area (Å²) in [7, 11) is 0. The monoisotopic (exact) mass is 370 g/mol. The van der Waals surface area contributed by atoms with Crippen molar-refractivity contribution in [2.75, 3.05) is 5.32 Å². The minimum absolute atomic E-state index is 0.0518. The van der Waals surface area contributed by atoms with Crippen LogP contribution in [0, 0.1) is 6.92 Å². The number of hydrogen-bond acceptors (Lipinski definition) is 5. The number of carbonyl (C=O) groups excluding carboxylic acids is 1. The van der Waals surface area contributed by atoms with Crippen LogP contribution in [0.25, 0.3) is 21.2 Å². The van der Waals surface area contributed by atoms with Gasteiger partial charge in [0.05, 0.1) is 15.6 Å². The van der Waals surface area contributed by atoms with Crippen LogP contribution in [0.1, 0.15) is 16.1 Å². The van der Waals surface area contributed by atoms with E-state index >= 15 is 0 Å². The van der Waals surface area contributed by atoms with Gasteiger partial charge in [-0.2, -0.15) is 0 Å². The maximum atomic E-state index is 12.5. The molecule has 0 aliphatic rings. The fraction of sp³-hybridized carbons (Fsp3) is 0.0556. The van der Waals surface area contributed by atoms with Crippen LogP contribution < -0.4 is 10.7 Å². The second-order valence-electron chi connectivity index (χ2n) is 5.51. The van der Waals surface area contributed by atoms with Gasteiger partial charge in [-0.15, -0.1) is 0 Å². The first-order valence-corrected chi connectivity index (χ1v) is 8.61. The summed E-state index contributed by atoms with van der Waals surface area (Å²) in [5.74, 6) is -0.573. The van der Waals surface area contributed by atoms with Crippen molar-refractivity contribution < 1.29 is 9.21 Å². The molecule has 0 atom stereocenters. The fourth-order valence-corrected chi connectivity index (χ4v) is 3.68. The molecule has 0 fully saturated rings. The maximum absolute atomic E-state index is 12.5. The lowest BCUT2D eigenvalue weighted by atomic mass is 10.1. The first-order chi connectivity index (χ1) is 12.0. The Balaban J connectivity index is 1.71. The Bertz CT molecular complexity index is 1200. The van der Waals surface area contributed by atoms with Crippen molar-refractivity contribution in [1.82, 2.24) is 4.98 Å². The first kappa shape index (κ1) is 15.8. The smallest absolute Gasteiger partial charge is 0.293 e. The van der Waals surface area contributed by atoms with Crippen LogP contribution in [0.5, 0.6) is 0 Å². The zero-order valence-electron chi connectivity index (χ0n) is 13.0. The van der Waals surface area contributed by atoms with Crippen LogP contribution >= 0.6 is 22.9 Å². The molecule has 25 heavy (non-hydrogen) atoms. The number of halogens is 1. The number of rotatable bonds is 2. The molecule has 7 heteroatoms. The van der Waals surface area contributed by atoms with E-state index in [1.807, 2.05) is 13.0 Å². The summed E-state index contributed by atoms with van der Waals surface area (Å²) in [4.78, 5) is 29.0. The van der Waals surface area contributed by atoms with Crippen LogP contribution in [0.2, 0.25) is 5.02 Å². The second-order valence-corrected chi connectivity index (χ2v) is 6.98. The van der Waals surface area contributed by atoms with Gasteiger partial charge in [0.1, 0.15) is 5.58 Å². The Morgan fingerprint density at radius 1 is 1.24 bits per heavy atom. The molecule has 1 amide bonds. The number of carbonyl (C=O) groups is 1. The summed E-state index contributed by atoms with van der Waals surface area (Å²) in [6, 6.07) is 11.8. The van der Waals surface area contributed by atoms with Crippen molar-refractivity contribution in [3.63, 3.8) is 0 Å². The van der Waals surface area contributed by atoms with Crippen LogP contribution in [0.15, 0.2) is 51.7 Å².